The third-order valence-corrected chi connectivity index (χ3v) is 2.46. The summed E-state index contributed by atoms with van der Waals surface area (Å²) in [6, 6.07) is 3.43. The van der Waals surface area contributed by atoms with Gasteiger partial charge in [-0.3, -0.25) is 24.7 Å². The van der Waals surface area contributed by atoms with Crippen molar-refractivity contribution in [3.8, 4) is 22.8 Å². The van der Waals surface area contributed by atoms with Gasteiger partial charge in [0, 0.05) is 24.7 Å². The Hall–Kier alpha value is -2.77. The Labute approximate surface area is 99.9 Å². The molecule has 8 heteroatoms. The fraction of sp³-hybridized carbons (Fsp3) is 0.100. The number of benzene rings is 1. The van der Waals surface area contributed by atoms with Crippen LogP contribution in [-0.4, -0.2) is 24.9 Å². The van der Waals surface area contributed by atoms with Crippen LogP contribution in [0.2, 0.25) is 0 Å². The van der Waals surface area contributed by atoms with Crippen molar-refractivity contribution in [1.82, 2.24) is 9.78 Å². The molecule has 1 heterocycles. The topological polar surface area (TPSA) is 121 Å². The van der Waals surface area contributed by atoms with Crippen molar-refractivity contribution in [2.24, 2.45) is 7.05 Å². The molecule has 1 aromatic heterocycles. The maximum atomic E-state index is 11.3. The number of aryl methyl sites for hydroxylation is 1. The number of nitrogens with zero attached hydrogens (tertiary/aromatic N) is 2. The second kappa shape index (κ2) is 3.91. The molecule has 0 amide bonds. The molecule has 1 aromatic carbocycles. The van der Waals surface area contributed by atoms with Gasteiger partial charge in [-0.05, 0) is 6.07 Å². The van der Waals surface area contributed by atoms with Gasteiger partial charge in [-0.15, -0.1) is 0 Å². The Morgan fingerprint density at radius 2 is 2.00 bits per heavy atom. The summed E-state index contributed by atoms with van der Waals surface area (Å²) in [5.41, 5.74) is -0.412. The first-order valence-corrected chi connectivity index (χ1v) is 4.87. The Bertz CT molecular complexity index is 685. The lowest BCUT2D eigenvalue weighted by Gasteiger charge is -2.03. The summed E-state index contributed by atoms with van der Waals surface area (Å²) in [6.07, 6.45) is 0. The Morgan fingerprint density at radius 3 is 2.50 bits per heavy atom. The molecule has 0 bridgehead atoms. The van der Waals surface area contributed by atoms with E-state index in [1.807, 2.05) is 0 Å². The highest BCUT2D eigenvalue weighted by Crippen LogP contribution is 2.38. The molecule has 8 nitrogen and oxygen atoms in total. The molecular formula is C10H9N3O5. The molecule has 0 fully saturated rings. The summed E-state index contributed by atoms with van der Waals surface area (Å²) in [4.78, 5) is 21.1. The van der Waals surface area contributed by atoms with Crippen molar-refractivity contribution >= 4 is 5.69 Å². The summed E-state index contributed by atoms with van der Waals surface area (Å²) in [5.74, 6) is -1.43. The first kappa shape index (κ1) is 11.7. The maximum absolute atomic E-state index is 11.3. The van der Waals surface area contributed by atoms with Crippen LogP contribution in [0.1, 0.15) is 0 Å². The number of phenols is 2. The van der Waals surface area contributed by atoms with Gasteiger partial charge in [0.25, 0.3) is 5.56 Å². The molecule has 94 valence electrons. The number of phenolic OH excluding ortho intramolecular Hbond substituents is 2. The molecule has 0 saturated carbocycles. The van der Waals surface area contributed by atoms with E-state index in [0.717, 1.165) is 12.1 Å². The predicted molar refractivity (Wildman–Crippen MR) is 61.5 cm³/mol. The maximum Gasteiger partial charge on any atom is 0.315 e. The zero-order valence-electron chi connectivity index (χ0n) is 9.25. The molecule has 18 heavy (non-hydrogen) atoms. The zero-order chi connectivity index (χ0) is 13.4. The Balaban J connectivity index is 2.66. The van der Waals surface area contributed by atoms with E-state index in [0.29, 0.717) is 5.69 Å². The highest BCUT2D eigenvalue weighted by atomic mass is 16.6. The van der Waals surface area contributed by atoms with Gasteiger partial charge in [0.15, 0.2) is 5.75 Å². The minimum atomic E-state index is -0.820. The lowest BCUT2D eigenvalue weighted by atomic mass is 10.1. The fourth-order valence-corrected chi connectivity index (χ4v) is 1.54. The van der Waals surface area contributed by atoms with Crippen molar-refractivity contribution in [3.63, 3.8) is 0 Å². The first-order chi connectivity index (χ1) is 8.40. The molecule has 2 aromatic rings. The van der Waals surface area contributed by atoms with Crippen LogP contribution in [0.5, 0.6) is 11.5 Å². The van der Waals surface area contributed by atoms with Crippen molar-refractivity contribution in [1.29, 1.82) is 0 Å². The zero-order valence-corrected chi connectivity index (χ0v) is 9.25. The van der Waals surface area contributed by atoms with E-state index in [-0.39, 0.29) is 11.1 Å². The summed E-state index contributed by atoms with van der Waals surface area (Å²) in [6.45, 7) is 0. The third kappa shape index (κ3) is 1.79. The lowest BCUT2D eigenvalue weighted by Crippen LogP contribution is -2.09. The van der Waals surface area contributed by atoms with Crippen LogP contribution in [0.25, 0.3) is 11.3 Å². The van der Waals surface area contributed by atoms with Crippen LogP contribution < -0.4 is 5.56 Å². The van der Waals surface area contributed by atoms with E-state index in [1.165, 1.54) is 17.8 Å². The van der Waals surface area contributed by atoms with Crippen LogP contribution in [0.4, 0.5) is 5.69 Å². The van der Waals surface area contributed by atoms with Gasteiger partial charge in [0.2, 0.25) is 5.75 Å². The van der Waals surface area contributed by atoms with Crippen molar-refractivity contribution in [2.75, 3.05) is 0 Å². The summed E-state index contributed by atoms with van der Waals surface area (Å²) in [7, 11) is 1.49. The van der Waals surface area contributed by atoms with E-state index in [1.54, 1.807) is 0 Å². The van der Waals surface area contributed by atoms with E-state index >= 15 is 0 Å². The number of nitrogens with one attached hydrogen (secondary N) is 1. The Morgan fingerprint density at radius 1 is 1.33 bits per heavy atom. The monoisotopic (exact) mass is 251 g/mol. The van der Waals surface area contributed by atoms with Gasteiger partial charge in [0.1, 0.15) is 0 Å². The molecule has 0 saturated heterocycles. The average Bonchev–Trinajstić information content (AvgIpc) is 2.62. The Kier molecular flexibility index (Phi) is 2.55. The van der Waals surface area contributed by atoms with Crippen LogP contribution in [-0.2, 0) is 7.05 Å². The van der Waals surface area contributed by atoms with Crippen LogP contribution in [0.3, 0.4) is 0 Å². The molecule has 0 unspecified atom stereocenters. The standard InChI is InChI=1S/C10H9N3O5/c1-12-9(15)4-6(11-12)5-2-7(13(17)18)10(16)8(14)3-5/h2-4,11,14,16H,1H3. The van der Waals surface area contributed by atoms with Crippen LogP contribution >= 0.6 is 0 Å². The number of hydrogen-bond donors (Lipinski definition) is 3. The number of hydrogen-bond acceptors (Lipinski definition) is 5. The van der Waals surface area contributed by atoms with E-state index in [4.69, 9.17) is 0 Å². The minimum Gasteiger partial charge on any atom is -0.504 e. The number of aromatic nitrogens is 2. The van der Waals surface area contributed by atoms with E-state index < -0.39 is 22.1 Å². The average molecular weight is 251 g/mol. The van der Waals surface area contributed by atoms with Gasteiger partial charge in [-0.1, -0.05) is 0 Å². The van der Waals surface area contributed by atoms with Crippen molar-refractivity contribution < 1.29 is 15.1 Å². The lowest BCUT2D eigenvalue weighted by molar-refractivity contribution is -0.385. The SMILES string of the molecule is Cn1[nH]c(-c2cc(O)c(O)c([N+](=O)[O-])c2)cc1=O. The van der Waals surface area contributed by atoms with Gasteiger partial charge < -0.3 is 10.2 Å². The molecule has 0 aliphatic heterocycles. The number of aromatic hydroxyl groups is 2. The molecule has 3 N–H and O–H groups in total. The smallest absolute Gasteiger partial charge is 0.315 e. The second-order valence-corrected chi connectivity index (χ2v) is 3.69. The molecule has 0 radical (unpaired) electrons. The van der Waals surface area contributed by atoms with E-state index in [2.05, 4.69) is 5.10 Å². The highest BCUT2D eigenvalue weighted by Gasteiger charge is 2.20. The summed E-state index contributed by atoms with van der Waals surface area (Å²) < 4.78 is 1.19. The summed E-state index contributed by atoms with van der Waals surface area (Å²) >= 11 is 0. The number of nitro benzene ring substituents is 1. The number of rotatable bonds is 2. The molecule has 0 spiro atoms. The largest absolute Gasteiger partial charge is 0.504 e. The van der Waals surface area contributed by atoms with Crippen LogP contribution in [0, 0.1) is 10.1 Å². The first-order valence-electron chi connectivity index (χ1n) is 4.87. The quantitative estimate of drug-likeness (QED) is 0.412. The summed E-state index contributed by atoms with van der Waals surface area (Å²) in [5, 5.41) is 32.1. The second-order valence-electron chi connectivity index (χ2n) is 3.69. The van der Waals surface area contributed by atoms with Gasteiger partial charge >= 0.3 is 5.69 Å². The third-order valence-electron chi connectivity index (χ3n) is 2.46. The normalized spacial score (nSPS) is 10.5. The van der Waals surface area contributed by atoms with E-state index in [9.17, 15) is 25.1 Å². The number of nitro groups is 1. The predicted octanol–water partition coefficient (Wildman–Crippen LogP) is 0.700. The fourth-order valence-electron chi connectivity index (χ4n) is 1.54. The van der Waals surface area contributed by atoms with Gasteiger partial charge in [0.05, 0.1) is 10.6 Å². The molecule has 0 atom stereocenters. The number of aromatic amines is 1. The number of H-pyrrole nitrogens is 1. The highest BCUT2D eigenvalue weighted by molar-refractivity contribution is 5.69. The van der Waals surface area contributed by atoms with Crippen LogP contribution in [0.15, 0.2) is 23.0 Å². The minimum absolute atomic E-state index is 0.231. The van der Waals surface area contributed by atoms with Gasteiger partial charge in [-0.2, -0.15) is 0 Å². The van der Waals surface area contributed by atoms with Crippen molar-refractivity contribution in [3.05, 3.63) is 38.7 Å². The van der Waals surface area contributed by atoms with Crippen molar-refractivity contribution in [2.45, 2.75) is 0 Å². The molecular weight excluding hydrogens is 242 g/mol. The van der Waals surface area contributed by atoms with Gasteiger partial charge in [-0.25, -0.2) is 0 Å². The molecule has 0 aliphatic carbocycles. The molecule has 0 aliphatic rings. The molecule has 2 rings (SSSR count).